The smallest absolute Gasteiger partial charge is 0.161 e. The Morgan fingerprint density at radius 2 is 2.00 bits per heavy atom. The van der Waals surface area contributed by atoms with Crippen molar-refractivity contribution in [3.63, 3.8) is 0 Å². The van der Waals surface area contributed by atoms with Gasteiger partial charge in [-0.05, 0) is 44.9 Å². The van der Waals surface area contributed by atoms with E-state index in [0.717, 1.165) is 43.2 Å². The molecule has 5 heteroatoms. The lowest BCUT2D eigenvalue weighted by Gasteiger charge is -2.17. The molecular weight excluding hydrogens is 302 g/mol. The van der Waals surface area contributed by atoms with Gasteiger partial charge in [-0.25, -0.2) is 0 Å². The number of rotatable bonds is 7. The van der Waals surface area contributed by atoms with E-state index in [1.807, 2.05) is 24.3 Å². The summed E-state index contributed by atoms with van der Waals surface area (Å²) in [6.07, 6.45) is 2.19. The molecule has 1 fully saturated rings. The summed E-state index contributed by atoms with van der Waals surface area (Å²) in [6.45, 7) is 8.19. The average Bonchev–Trinajstić information content (AvgIpc) is 3.18. The summed E-state index contributed by atoms with van der Waals surface area (Å²) in [4.78, 5) is 2.51. The maximum Gasteiger partial charge on any atom is 0.161 e. The zero-order valence-corrected chi connectivity index (χ0v) is 14.9. The van der Waals surface area contributed by atoms with Gasteiger partial charge in [0.15, 0.2) is 11.5 Å². The monoisotopic (exact) mass is 329 g/mol. The third-order valence-corrected chi connectivity index (χ3v) is 4.58. The van der Waals surface area contributed by atoms with E-state index in [0.29, 0.717) is 12.6 Å². The summed E-state index contributed by atoms with van der Waals surface area (Å²) in [7, 11) is 1.67. The first-order chi connectivity index (χ1) is 11.7. The van der Waals surface area contributed by atoms with Crippen molar-refractivity contribution >= 4 is 0 Å². The van der Waals surface area contributed by atoms with Gasteiger partial charge in [0.2, 0.25) is 0 Å². The van der Waals surface area contributed by atoms with E-state index in [4.69, 9.17) is 9.47 Å². The maximum atomic E-state index is 5.85. The molecule has 2 heterocycles. The van der Waals surface area contributed by atoms with Crippen molar-refractivity contribution in [2.45, 2.75) is 32.7 Å². The third-order valence-electron chi connectivity index (χ3n) is 4.58. The Kier molecular flexibility index (Phi) is 5.41. The predicted molar refractivity (Wildman–Crippen MR) is 94.9 cm³/mol. The van der Waals surface area contributed by atoms with Crippen LogP contribution in [-0.4, -0.2) is 48.0 Å². The van der Waals surface area contributed by atoms with Gasteiger partial charge < -0.3 is 14.4 Å². The molecule has 0 radical (unpaired) electrons. The van der Waals surface area contributed by atoms with Gasteiger partial charge in [0, 0.05) is 25.3 Å². The topological polar surface area (TPSA) is 39.5 Å². The second-order valence-electron chi connectivity index (χ2n) is 6.47. The van der Waals surface area contributed by atoms with Crippen molar-refractivity contribution in [3.05, 3.63) is 41.7 Å². The number of methoxy groups -OCH3 is 1. The summed E-state index contributed by atoms with van der Waals surface area (Å²) in [5, 5.41) is 4.63. The highest BCUT2D eigenvalue weighted by atomic mass is 16.5. The molecule has 0 unspecified atom stereocenters. The second-order valence-corrected chi connectivity index (χ2v) is 6.47. The van der Waals surface area contributed by atoms with Crippen LogP contribution in [0.2, 0.25) is 0 Å². The van der Waals surface area contributed by atoms with Crippen LogP contribution in [0.3, 0.4) is 0 Å². The lowest BCUT2D eigenvalue weighted by atomic mass is 10.2. The predicted octanol–water partition coefficient (Wildman–Crippen LogP) is 3.22. The van der Waals surface area contributed by atoms with E-state index in [2.05, 4.69) is 34.6 Å². The van der Waals surface area contributed by atoms with Crippen LogP contribution in [-0.2, 0) is 0 Å². The highest BCUT2D eigenvalue weighted by Gasteiger charge is 2.25. The van der Waals surface area contributed by atoms with Crippen molar-refractivity contribution in [3.8, 4) is 11.5 Å². The van der Waals surface area contributed by atoms with Crippen molar-refractivity contribution in [1.82, 2.24) is 14.7 Å². The SMILES string of the molecule is COc1ccccc1OCCCN1CC[C@H](n2nc(C)cc2C)C1. The standard InChI is InChI=1S/C19H27N3O2/c1-15-13-16(2)22(20-15)17-9-11-21(14-17)10-6-12-24-19-8-5-4-7-18(19)23-3/h4-5,7-8,13,17H,6,9-12,14H2,1-3H3/t17-/m0/s1. The molecule has 1 saturated heterocycles. The molecule has 1 aliphatic rings. The van der Waals surface area contributed by atoms with Crippen LogP contribution in [0.15, 0.2) is 30.3 Å². The molecule has 1 aromatic carbocycles. The molecule has 0 bridgehead atoms. The normalized spacial score (nSPS) is 18.0. The highest BCUT2D eigenvalue weighted by molar-refractivity contribution is 5.39. The Balaban J connectivity index is 1.43. The fraction of sp³-hybridized carbons (Fsp3) is 0.526. The van der Waals surface area contributed by atoms with Crippen LogP contribution < -0.4 is 9.47 Å². The van der Waals surface area contributed by atoms with Crippen LogP contribution in [0.1, 0.15) is 30.3 Å². The van der Waals surface area contributed by atoms with Gasteiger partial charge in [-0.1, -0.05) is 12.1 Å². The van der Waals surface area contributed by atoms with Crippen molar-refractivity contribution < 1.29 is 9.47 Å². The fourth-order valence-electron chi connectivity index (χ4n) is 3.44. The maximum absolute atomic E-state index is 5.85. The fourth-order valence-corrected chi connectivity index (χ4v) is 3.44. The molecule has 0 saturated carbocycles. The summed E-state index contributed by atoms with van der Waals surface area (Å²) in [5.74, 6) is 1.62. The highest BCUT2D eigenvalue weighted by Crippen LogP contribution is 2.26. The lowest BCUT2D eigenvalue weighted by Crippen LogP contribution is -2.24. The summed E-state index contributed by atoms with van der Waals surface area (Å²) >= 11 is 0. The van der Waals surface area contributed by atoms with E-state index in [1.165, 1.54) is 12.1 Å². The van der Waals surface area contributed by atoms with Crippen LogP contribution in [0.25, 0.3) is 0 Å². The minimum Gasteiger partial charge on any atom is -0.493 e. The molecule has 0 N–H and O–H groups in total. The molecule has 1 atom stereocenters. The molecule has 0 amide bonds. The van der Waals surface area contributed by atoms with E-state index in [9.17, 15) is 0 Å². The second kappa shape index (κ2) is 7.71. The molecule has 5 nitrogen and oxygen atoms in total. The van der Waals surface area contributed by atoms with Crippen LogP contribution in [0.5, 0.6) is 11.5 Å². The third kappa shape index (κ3) is 3.90. The first-order valence-corrected chi connectivity index (χ1v) is 8.68. The summed E-state index contributed by atoms with van der Waals surface area (Å²) < 4.78 is 13.4. The Labute approximate surface area is 144 Å². The number of hydrogen-bond acceptors (Lipinski definition) is 4. The number of aryl methyl sites for hydroxylation is 2. The van der Waals surface area contributed by atoms with E-state index in [-0.39, 0.29) is 0 Å². The number of aromatic nitrogens is 2. The molecule has 1 aromatic heterocycles. The number of benzene rings is 1. The molecule has 0 spiro atoms. The first kappa shape index (κ1) is 16.8. The zero-order valence-electron chi connectivity index (χ0n) is 14.9. The minimum atomic E-state index is 0.508. The van der Waals surface area contributed by atoms with Gasteiger partial charge in [0.05, 0.1) is 25.5 Å². The van der Waals surface area contributed by atoms with Crippen LogP contribution in [0.4, 0.5) is 0 Å². The van der Waals surface area contributed by atoms with Gasteiger partial charge >= 0.3 is 0 Å². The number of hydrogen-bond donors (Lipinski definition) is 0. The quantitative estimate of drug-likeness (QED) is 0.731. The van der Waals surface area contributed by atoms with Gasteiger partial charge in [-0.2, -0.15) is 5.10 Å². The van der Waals surface area contributed by atoms with Gasteiger partial charge in [-0.3, -0.25) is 4.68 Å². The number of para-hydroxylation sites is 2. The molecule has 1 aliphatic heterocycles. The molecule has 2 aromatic rings. The van der Waals surface area contributed by atoms with Crippen molar-refractivity contribution in [2.75, 3.05) is 33.4 Å². The molecule has 0 aliphatic carbocycles. The number of likely N-dealkylation sites (tertiary alicyclic amines) is 1. The molecule has 24 heavy (non-hydrogen) atoms. The van der Waals surface area contributed by atoms with Gasteiger partial charge in [0.25, 0.3) is 0 Å². The summed E-state index contributed by atoms with van der Waals surface area (Å²) in [5.41, 5.74) is 2.37. The largest absolute Gasteiger partial charge is 0.493 e. The Bertz CT molecular complexity index is 668. The van der Waals surface area contributed by atoms with Crippen molar-refractivity contribution in [1.29, 1.82) is 0 Å². The number of nitrogens with zero attached hydrogens (tertiary/aromatic N) is 3. The lowest BCUT2D eigenvalue weighted by molar-refractivity contribution is 0.249. The van der Waals surface area contributed by atoms with E-state index >= 15 is 0 Å². The summed E-state index contributed by atoms with van der Waals surface area (Å²) in [6, 6.07) is 10.5. The van der Waals surface area contributed by atoms with Crippen molar-refractivity contribution in [2.24, 2.45) is 0 Å². The van der Waals surface area contributed by atoms with Gasteiger partial charge in [-0.15, -0.1) is 0 Å². The van der Waals surface area contributed by atoms with Crippen LogP contribution >= 0.6 is 0 Å². The molecular formula is C19H27N3O2. The zero-order chi connectivity index (χ0) is 16.9. The first-order valence-electron chi connectivity index (χ1n) is 8.68. The van der Waals surface area contributed by atoms with E-state index in [1.54, 1.807) is 7.11 Å². The van der Waals surface area contributed by atoms with Gasteiger partial charge in [0.1, 0.15) is 0 Å². The minimum absolute atomic E-state index is 0.508. The number of ether oxygens (including phenoxy) is 2. The average molecular weight is 329 g/mol. The Hall–Kier alpha value is -2.01. The Morgan fingerprint density at radius 3 is 2.71 bits per heavy atom. The Morgan fingerprint density at radius 1 is 1.21 bits per heavy atom. The van der Waals surface area contributed by atoms with Crippen LogP contribution in [0, 0.1) is 13.8 Å². The molecule has 3 rings (SSSR count). The van der Waals surface area contributed by atoms with E-state index < -0.39 is 0 Å². The molecule has 130 valence electrons.